The van der Waals surface area contributed by atoms with Gasteiger partial charge in [-0.05, 0) is 37.8 Å². The largest absolute Gasteiger partial charge is 0.271 e. The second-order valence-electron chi connectivity index (χ2n) is 5.72. The molecule has 1 aliphatic carbocycles. The summed E-state index contributed by atoms with van der Waals surface area (Å²) in [4.78, 5) is 12.0. The highest BCUT2D eigenvalue weighted by Crippen LogP contribution is 2.14. The van der Waals surface area contributed by atoms with Gasteiger partial charge in [-0.2, -0.15) is 5.10 Å². The fourth-order valence-electron chi connectivity index (χ4n) is 2.77. The highest BCUT2D eigenvalue weighted by Gasteiger charge is 2.09. The van der Waals surface area contributed by atoms with Crippen LogP contribution in [0.5, 0.6) is 0 Å². The Bertz CT molecular complexity index is 666. The van der Waals surface area contributed by atoms with Crippen LogP contribution in [0.2, 0.25) is 0 Å². The topological polar surface area (TPSA) is 72.2 Å². The van der Waals surface area contributed by atoms with Gasteiger partial charge in [0.25, 0.3) is 5.91 Å². The molecule has 0 aliphatic heterocycles. The van der Waals surface area contributed by atoms with E-state index in [4.69, 9.17) is 0 Å². The summed E-state index contributed by atoms with van der Waals surface area (Å²) in [6.07, 6.45) is 8.17. The number of para-hydroxylation sites is 1. The molecular weight excluding hydrogens is 278 g/mol. The minimum atomic E-state index is -0.162. The molecule has 0 unspecified atom stereocenters. The van der Waals surface area contributed by atoms with Crippen molar-refractivity contribution in [3.05, 3.63) is 24.3 Å². The minimum Gasteiger partial charge on any atom is -0.271 e. The van der Waals surface area contributed by atoms with Crippen LogP contribution in [0, 0.1) is 0 Å². The lowest BCUT2D eigenvalue weighted by atomic mass is 9.99. The number of hydrogen-bond donors (Lipinski definition) is 1. The molecule has 116 valence electrons. The summed E-state index contributed by atoms with van der Waals surface area (Å²) in [6.45, 7) is 0.136. The van der Waals surface area contributed by atoms with E-state index in [-0.39, 0.29) is 12.5 Å². The molecule has 1 aromatic carbocycles. The molecule has 1 N–H and O–H groups in total. The lowest BCUT2D eigenvalue weighted by Gasteiger charge is -2.11. The molecule has 0 bridgehead atoms. The predicted molar refractivity (Wildman–Crippen MR) is 85.4 cm³/mol. The Morgan fingerprint density at radius 1 is 1.14 bits per heavy atom. The third kappa shape index (κ3) is 3.69. The molecule has 3 rings (SSSR count). The van der Waals surface area contributed by atoms with Crippen molar-refractivity contribution in [2.24, 2.45) is 5.10 Å². The SMILES string of the molecule is O=C(Cn1nnc2ccccc21)NN=C1CCCCCCC1. The number of nitrogens with one attached hydrogen (secondary N) is 1. The number of carbonyl (C=O) groups is 1. The van der Waals surface area contributed by atoms with Crippen LogP contribution in [0.1, 0.15) is 44.9 Å². The van der Waals surface area contributed by atoms with Crippen LogP contribution in [-0.2, 0) is 11.3 Å². The smallest absolute Gasteiger partial charge is 0.261 e. The molecule has 6 nitrogen and oxygen atoms in total. The molecule has 22 heavy (non-hydrogen) atoms. The van der Waals surface area contributed by atoms with Gasteiger partial charge < -0.3 is 0 Å². The lowest BCUT2D eigenvalue weighted by Crippen LogP contribution is -2.25. The van der Waals surface area contributed by atoms with Crippen molar-refractivity contribution in [2.75, 3.05) is 0 Å². The minimum absolute atomic E-state index is 0.136. The second kappa shape index (κ2) is 7.15. The third-order valence-corrected chi connectivity index (χ3v) is 3.98. The average Bonchev–Trinajstić information content (AvgIpc) is 2.89. The first-order valence-electron chi connectivity index (χ1n) is 7.95. The molecule has 1 aliphatic rings. The van der Waals surface area contributed by atoms with Crippen molar-refractivity contribution in [1.82, 2.24) is 20.4 Å². The Labute approximate surface area is 129 Å². The van der Waals surface area contributed by atoms with E-state index in [2.05, 4.69) is 20.8 Å². The normalized spacial score (nSPS) is 16.1. The summed E-state index contributed by atoms with van der Waals surface area (Å²) in [7, 11) is 0. The van der Waals surface area contributed by atoms with Crippen molar-refractivity contribution in [2.45, 2.75) is 51.5 Å². The maximum atomic E-state index is 12.0. The monoisotopic (exact) mass is 299 g/mol. The van der Waals surface area contributed by atoms with Gasteiger partial charge in [0.15, 0.2) is 0 Å². The average molecular weight is 299 g/mol. The van der Waals surface area contributed by atoms with Gasteiger partial charge in [-0.25, -0.2) is 10.1 Å². The summed E-state index contributed by atoms with van der Waals surface area (Å²) >= 11 is 0. The van der Waals surface area contributed by atoms with E-state index in [0.717, 1.165) is 29.6 Å². The number of carbonyl (C=O) groups excluding carboxylic acids is 1. The fourth-order valence-corrected chi connectivity index (χ4v) is 2.77. The van der Waals surface area contributed by atoms with Gasteiger partial charge in [0.2, 0.25) is 0 Å². The Kier molecular flexibility index (Phi) is 4.78. The van der Waals surface area contributed by atoms with Crippen LogP contribution in [0.3, 0.4) is 0 Å². The van der Waals surface area contributed by atoms with Crippen LogP contribution in [0.4, 0.5) is 0 Å². The molecule has 2 aromatic rings. The van der Waals surface area contributed by atoms with Gasteiger partial charge in [-0.1, -0.05) is 36.6 Å². The van der Waals surface area contributed by atoms with Gasteiger partial charge in [-0.3, -0.25) is 4.79 Å². The molecule has 1 saturated carbocycles. The Balaban J connectivity index is 1.60. The summed E-state index contributed by atoms with van der Waals surface area (Å²) in [5, 5.41) is 12.4. The number of hydrazone groups is 1. The predicted octanol–water partition coefficient (Wildman–Crippen LogP) is 2.65. The second-order valence-corrected chi connectivity index (χ2v) is 5.72. The number of amides is 1. The molecule has 1 aromatic heterocycles. The summed E-state index contributed by atoms with van der Waals surface area (Å²) in [5.74, 6) is -0.162. The van der Waals surface area contributed by atoms with Crippen LogP contribution >= 0.6 is 0 Å². The summed E-state index contributed by atoms with van der Waals surface area (Å²) in [5.41, 5.74) is 5.42. The summed E-state index contributed by atoms with van der Waals surface area (Å²) < 4.78 is 1.60. The molecule has 0 saturated heterocycles. The molecule has 0 atom stereocenters. The van der Waals surface area contributed by atoms with Crippen molar-refractivity contribution in [1.29, 1.82) is 0 Å². The Morgan fingerprint density at radius 3 is 2.68 bits per heavy atom. The highest BCUT2D eigenvalue weighted by molar-refractivity contribution is 5.86. The molecule has 6 heteroatoms. The fraction of sp³-hybridized carbons (Fsp3) is 0.500. The van der Waals surface area contributed by atoms with E-state index >= 15 is 0 Å². The van der Waals surface area contributed by atoms with Crippen molar-refractivity contribution >= 4 is 22.7 Å². The molecule has 0 spiro atoms. The van der Waals surface area contributed by atoms with E-state index in [1.54, 1.807) is 4.68 Å². The number of rotatable bonds is 3. The zero-order chi connectivity index (χ0) is 15.2. The van der Waals surface area contributed by atoms with E-state index in [1.807, 2.05) is 24.3 Å². The molecule has 1 fully saturated rings. The first kappa shape index (κ1) is 14.7. The maximum Gasteiger partial charge on any atom is 0.261 e. The van der Waals surface area contributed by atoms with Crippen molar-refractivity contribution < 1.29 is 4.79 Å². The third-order valence-electron chi connectivity index (χ3n) is 3.98. The molecule has 1 heterocycles. The van der Waals surface area contributed by atoms with Crippen molar-refractivity contribution in [3.8, 4) is 0 Å². The maximum absolute atomic E-state index is 12.0. The number of fused-ring (bicyclic) bond motifs is 1. The van der Waals surface area contributed by atoms with E-state index in [0.29, 0.717) is 0 Å². The van der Waals surface area contributed by atoms with Crippen LogP contribution in [0.25, 0.3) is 11.0 Å². The number of hydrogen-bond acceptors (Lipinski definition) is 4. The van der Waals surface area contributed by atoms with Gasteiger partial charge >= 0.3 is 0 Å². The van der Waals surface area contributed by atoms with Crippen LogP contribution in [0.15, 0.2) is 29.4 Å². The number of nitrogens with zero attached hydrogens (tertiary/aromatic N) is 4. The summed E-state index contributed by atoms with van der Waals surface area (Å²) in [6, 6.07) is 7.60. The Hall–Kier alpha value is -2.24. The molecular formula is C16H21N5O. The van der Waals surface area contributed by atoms with E-state index in [1.165, 1.54) is 32.1 Å². The van der Waals surface area contributed by atoms with Gasteiger partial charge in [0, 0.05) is 5.71 Å². The first-order chi connectivity index (χ1) is 10.8. The number of aromatic nitrogens is 3. The zero-order valence-electron chi connectivity index (χ0n) is 12.7. The van der Waals surface area contributed by atoms with Gasteiger partial charge in [-0.15, -0.1) is 5.10 Å². The van der Waals surface area contributed by atoms with Crippen LogP contribution < -0.4 is 5.43 Å². The van der Waals surface area contributed by atoms with E-state index in [9.17, 15) is 4.79 Å². The standard InChI is InChI=1S/C16H21N5O/c22-16(19-17-13-8-4-2-1-3-5-9-13)12-21-15-11-7-6-10-14(15)18-20-21/h6-7,10-11H,1-5,8-9,12H2,(H,19,22). The zero-order valence-corrected chi connectivity index (χ0v) is 12.7. The quantitative estimate of drug-likeness (QED) is 0.886. The van der Waals surface area contributed by atoms with E-state index < -0.39 is 0 Å². The van der Waals surface area contributed by atoms with Crippen LogP contribution in [-0.4, -0.2) is 26.6 Å². The van der Waals surface area contributed by atoms with Gasteiger partial charge in [0.05, 0.1) is 5.52 Å². The Morgan fingerprint density at radius 2 is 1.86 bits per heavy atom. The van der Waals surface area contributed by atoms with Crippen molar-refractivity contribution in [3.63, 3.8) is 0 Å². The lowest BCUT2D eigenvalue weighted by molar-refractivity contribution is -0.121. The molecule has 0 radical (unpaired) electrons. The highest BCUT2D eigenvalue weighted by atomic mass is 16.2. The molecule has 1 amide bonds. The van der Waals surface area contributed by atoms with Gasteiger partial charge in [0.1, 0.15) is 12.1 Å². The first-order valence-corrected chi connectivity index (χ1v) is 7.95. The number of benzene rings is 1.